The van der Waals surface area contributed by atoms with E-state index in [1.54, 1.807) is 21.8 Å². The van der Waals surface area contributed by atoms with Crippen molar-refractivity contribution >= 4 is 28.1 Å². The van der Waals surface area contributed by atoms with E-state index in [2.05, 4.69) is 20.3 Å². The van der Waals surface area contributed by atoms with Gasteiger partial charge in [0.1, 0.15) is 11.7 Å². The Balaban J connectivity index is 1.69. The van der Waals surface area contributed by atoms with E-state index in [9.17, 15) is 9.59 Å². The summed E-state index contributed by atoms with van der Waals surface area (Å²) in [6.45, 7) is 2.75. The number of amides is 2. The number of piperazine rings is 1. The minimum absolute atomic E-state index is 0.145. The Morgan fingerprint density at radius 3 is 3.17 bits per heavy atom. The largest absolute Gasteiger partial charge is 0.353 e. The Hall–Kier alpha value is -2.68. The predicted octanol–water partition coefficient (Wildman–Crippen LogP) is 0.611. The van der Waals surface area contributed by atoms with Crippen LogP contribution in [0.25, 0.3) is 4.96 Å². The van der Waals surface area contributed by atoms with E-state index >= 15 is 0 Å². The summed E-state index contributed by atoms with van der Waals surface area (Å²) in [5.74, 6) is -0.314. The number of carbonyl (C=O) groups excluding carboxylic acids is 2. The highest BCUT2D eigenvalue weighted by Crippen LogP contribution is 2.21. The predicted molar refractivity (Wildman–Crippen MR) is 87.9 cm³/mol. The second kappa shape index (κ2) is 5.75. The molecule has 1 atom stereocenters. The molecule has 9 heteroatoms. The fourth-order valence-electron chi connectivity index (χ4n) is 3.05. The highest BCUT2D eigenvalue weighted by molar-refractivity contribution is 7.15. The van der Waals surface area contributed by atoms with Crippen LogP contribution in [-0.4, -0.2) is 55.2 Å². The smallest absolute Gasteiger partial charge is 0.273 e. The molecule has 3 aromatic heterocycles. The van der Waals surface area contributed by atoms with Crippen molar-refractivity contribution in [3.63, 3.8) is 0 Å². The van der Waals surface area contributed by atoms with Gasteiger partial charge in [0.2, 0.25) is 5.91 Å². The molecule has 0 radical (unpaired) electrons. The number of aromatic nitrogens is 4. The summed E-state index contributed by atoms with van der Waals surface area (Å²) in [6, 6.07) is -0.560. The van der Waals surface area contributed by atoms with Crippen molar-refractivity contribution in [2.45, 2.75) is 19.4 Å². The van der Waals surface area contributed by atoms with E-state index < -0.39 is 6.04 Å². The first-order chi connectivity index (χ1) is 11.6. The first-order valence-corrected chi connectivity index (χ1v) is 8.51. The molecule has 1 aliphatic rings. The minimum atomic E-state index is -0.560. The van der Waals surface area contributed by atoms with Gasteiger partial charge in [0.25, 0.3) is 5.91 Å². The molecule has 0 aromatic carbocycles. The number of carbonyl (C=O) groups is 2. The number of H-pyrrole nitrogens is 1. The van der Waals surface area contributed by atoms with Crippen LogP contribution in [0.2, 0.25) is 0 Å². The van der Waals surface area contributed by atoms with E-state index in [-0.39, 0.29) is 11.8 Å². The number of thiazole rings is 1. The Morgan fingerprint density at radius 1 is 1.50 bits per heavy atom. The maximum Gasteiger partial charge on any atom is 0.273 e. The number of fused-ring (bicyclic) bond motifs is 1. The lowest BCUT2D eigenvalue weighted by Gasteiger charge is -2.34. The Kier molecular flexibility index (Phi) is 3.57. The molecule has 1 saturated heterocycles. The maximum absolute atomic E-state index is 13.1. The van der Waals surface area contributed by atoms with Gasteiger partial charge in [-0.25, -0.2) is 9.97 Å². The van der Waals surface area contributed by atoms with Crippen molar-refractivity contribution in [1.29, 1.82) is 0 Å². The fraction of sp³-hybridized carbons (Fsp3) is 0.333. The number of nitrogens with zero attached hydrogens (tertiary/aromatic N) is 4. The van der Waals surface area contributed by atoms with E-state index in [4.69, 9.17) is 0 Å². The molecule has 2 N–H and O–H groups in total. The van der Waals surface area contributed by atoms with Crippen molar-refractivity contribution in [3.8, 4) is 0 Å². The van der Waals surface area contributed by atoms with Crippen LogP contribution in [0.5, 0.6) is 0 Å². The van der Waals surface area contributed by atoms with Gasteiger partial charge in [-0.1, -0.05) is 0 Å². The van der Waals surface area contributed by atoms with Crippen LogP contribution in [0, 0.1) is 6.92 Å². The number of aryl methyl sites for hydroxylation is 1. The molecule has 1 aliphatic heterocycles. The normalized spacial score (nSPS) is 18.1. The molecule has 8 nitrogen and oxygen atoms in total. The van der Waals surface area contributed by atoms with Gasteiger partial charge >= 0.3 is 0 Å². The number of nitrogens with one attached hydrogen (secondary N) is 2. The highest BCUT2D eigenvalue weighted by atomic mass is 32.1. The summed E-state index contributed by atoms with van der Waals surface area (Å²) in [5.41, 5.74) is 2.02. The third-order valence-electron chi connectivity index (χ3n) is 4.20. The maximum atomic E-state index is 13.1. The van der Waals surface area contributed by atoms with E-state index in [1.165, 1.54) is 11.3 Å². The third kappa shape index (κ3) is 2.37. The second-order valence-corrected chi connectivity index (χ2v) is 6.56. The zero-order valence-electron chi connectivity index (χ0n) is 13.0. The molecule has 0 unspecified atom stereocenters. The topological polar surface area (TPSA) is 95.4 Å². The summed E-state index contributed by atoms with van der Waals surface area (Å²) in [4.78, 5) is 39.3. The molecular formula is C15H16N6O2S. The molecule has 0 aliphatic carbocycles. The third-order valence-corrected chi connectivity index (χ3v) is 4.96. The van der Waals surface area contributed by atoms with Crippen molar-refractivity contribution in [2.24, 2.45) is 0 Å². The molecule has 124 valence electrons. The molecule has 0 saturated carbocycles. The molecule has 24 heavy (non-hydrogen) atoms. The fourth-order valence-corrected chi connectivity index (χ4v) is 3.81. The highest BCUT2D eigenvalue weighted by Gasteiger charge is 2.35. The quantitative estimate of drug-likeness (QED) is 0.728. The lowest BCUT2D eigenvalue weighted by atomic mass is 10.1. The van der Waals surface area contributed by atoms with Crippen LogP contribution >= 0.6 is 11.3 Å². The van der Waals surface area contributed by atoms with Crippen LogP contribution in [0.1, 0.15) is 21.9 Å². The molecule has 4 heterocycles. The molecule has 3 aromatic rings. The van der Waals surface area contributed by atoms with Crippen molar-refractivity contribution in [3.05, 3.63) is 41.2 Å². The van der Waals surface area contributed by atoms with Crippen molar-refractivity contribution in [2.75, 3.05) is 13.1 Å². The van der Waals surface area contributed by atoms with Gasteiger partial charge in [0.05, 0.1) is 12.0 Å². The van der Waals surface area contributed by atoms with Gasteiger partial charge in [0.15, 0.2) is 4.96 Å². The van der Waals surface area contributed by atoms with Gasteiger partial charge in [-0.15, -0.1) is 11.3 Å². The van der Waals surface area contributed by atoms with Crippen LogP contribution in [0.4, 0.5) is 0 Å². The van der Waals surface area contributed by atoms with Crippen LogP contribution in [0.3, 0.4) is 0 Å². The van der Waals surface area contributed by atoms with Gasteiger partial charge in [-0.3, -0.25) is 14.0 Å². The van der Waals surface area contributed by atoms with Crippen molar-refractivity contribution in [1.82, 2.24) is 29.6 Å². The molecule has 4 rings (SSSR count). The van der Waals surface area contributed by atoms with Crippen molar-refractivity contribution < 1.29 is 9.59 Å². The summed E-state index contributed by atoms with van der Waals surface area (Å²) in [6.07, 6.45) is 5.48. The molecular weight excluding hydrogens is 328 g/mol. The summed E-state index contributed by atoms with van der Waals surface area (Å²) in [7, 11) is 0. The lowest BCUT2D eigenvalue weighted by molar-refractivity contribution is -0.127. The number of imidazole rings is 2. The number of hydrogen-bond acceptors (Lipinski definition) is 5. The molecule has 0 spiro atoms. The minimum Gasteiger partial charge on any atom is -0.353 e. The Labute approximate surface area is 141 Å². The first-order valence-electron chi connectivity index (χ1n) is 7.63. The second-order valence-electron chi connectivity index (χ2n) is 5.69. The zero-order chi connectivity index (χ0) is 16.7. The molecule has 2 amide bonds. The van der Waals surface area contributed by atoms with Crippen LogP contribution in [0.15, 0.2) is 24.1 Å². The van der Waals surface area contributed by atoms with Gasteiger partial charge in [-0.05, 0) is 6.92 Å². The summed E-state index contributed by atoms with van der Waals surface area (Å²) in [5, 5.41) is 4.73. The number of rotatable bonds is 3. The number of aromatic amines is 1. The molecule has 1 fully saturated rings. The van der Waals surface area contributed by atoms with Crippen LogP contribution < -0.4 is 5.32 Å². The van der Waals surface area contributed by atoms with E-state index in [1.807, 2.05) is 18.5 Å². The Morgan fingerprint density at radius 2 is 2.38 bits per heavy atom. The first kappa shape index (κ1) is 14.9. The van der Waals surface area contributed by atoms with Gasteiger partial charge in [-0.2, -0.15) is 0 Å². The standard InChI is InChI=1S/C15H16N6O2S/c1-9-12(21-4-5-24-15(21)19-9)14(23)20-3-2-17-13(22)11(20)6-10-7-16-8-18-10/h4-5,7-8,11H,2-3,6H2,1H3,(H,16,18)(H,17,22)/t11-/m1/s1. The van der Waals surface area contributed by atoms with E-state index in [0.29, 0.717) is 30.9 Å². The Bertz CT molecular complexity index is 896. The lowest BCUT2D eigenvalue weighted by Crippen LogP contribution is -2.58. The summed E-state index contributed by atoms with van der Waals surface area (Å²) < 4.78 is 1.79. The monoisotopic (exact) mass is 344 g/mol. The van der Waals surface area contributed by atoms with E-state index in [0.717, 1.165) is 10.7 Å². The average molecular weight is 344 g/mol. The molecule has 0 bridgehead atoms. The van der Waals surface area contributed by atoms with Gasteiger partial charge in [0, 0.05) is 43.0 Å². The number of hydrogen-bond donors (Lipinski definition) is 2. The zero-order valence-corrected chi connectivity index (χ0v) is 13.8. The SMILES string of the molecule is Cc1nc2sccn2c1C(=O)N1CCNC(=O)[C@H]1Cc1cnc[nH]1. The summed E-state index contributed by atoms with van der Waals surface area (Å²) >= 11 is 1.48. The van der Waals surface area contributed by atoms with Gasteiger partial charge < -0.3 is 15.2 Å². The van der Waals surface area contributed by atoms with Crippen LogP contribution in [-0.2, 0) is 11.2 Å². The average Bonchev–Trinajstić information content (AvgIpc) is 3.26.